The second kappa shape index (κ2) is 14.0. The quantitative estimate of drug-likeness (QED) is 0.109. The van der Waals surface area contributed by atoms with Crippen molar-refractivity contribution in [2.45, 2.75) is 55.3 Å². The third-order valence-corrected chi connectivity index (χ3v) is 9.18. The van der Waals surface area contributed by atoms with Gasteiger partial charge in [-0.2, -0.15) is 26.3 Å². The molecule has 270 valence electrons. The molecule has 1 saturated heterocycles. The predicted molar refractivity (Wildman–Crippen MR) is 189 cm³/mol. The largest absolute Gasteiger partial charge is 0.416 e. The molecule has 1 aliphatic heterocycles. The smallest absolute Gasteiger partial charge is 0.378 e. The number of hydrogen-bond acceptors (Lipinski definition) is 4. The maximum atomic E-state index is 13.8. The topological polar surface area (TPSA) is 62.8 Å². The van der Waals surface area contributed by atoms with Crippen LogP contribution in [0.5, 0.6) is 0 Å². The van der Waals surface area contributed by atoms with Crippen molar-refractivity contribution in [1.29, 1.82) is 0 Å². The number of hydrogen-bond donors (Lipinski definition) is 3. The molecule has 1 heterocycles. The van der Waals surface area contributed by atoms with Gasteiger partial charge in [0.1, 0.15) is 23.3 Å². The Kier molecular flexibility index (Phi) is 9.97. The molecule has 6 rings (SSSR count). The molecule has 5 aromatic carbocycles. The zero-order chi connectivity index (χ0) is 37.4. The van der Waals surface area contributed by atoms with E-state index in [0.29, 0.717) is 34.4 Å². The van der Waals surface area contributed by atoms with E-state index in [1.54, 1.807) is 123 Å². The van der Waals surface area contributed by atoms with Gasteiger partial charge in [-0.15, -0.1) is 0 Å². The summed E-state index contributed by atoms with van der Waals surface area (Å²) in [5.74, 6) is -1.32. The molecule has 0 radical (unpaired) electrons. The lowest BCUT2D eigenvalue weighted by atomic mass is 9.70. The number of benzene rings is 5. The molecular formula is C40H34F6N2O3S. The summed E-state index contributed by atoms with van der Waals surface area (Å²) in [6.45, 7) is 3.38. The van der Waals surface area contributed by atoms with Crippen molar-refractivity contribution in [1.82, 2.24) is 5.32 Å². The Morgan fingerprint density at radius 2 is 0.942 bits per heavy atom. The van der Waals surface area contributed by atoms with Crippen LogP contribution in [0.15, 0.2) is 140 Å². The average Bonchev–Trinajstić information content (AvgIpc) is 3.46. The van der Waals surface area contributed by atoms with Crippen LogP contribution >= 0.6 is 12.2 Å². The first-order valence-electron chi connectivity index (χ1n) is 16.2. The van der Waals surface area contributed by atoms with Crippen LogP contribution in [0.2, 0.25) is 0 Å². The Morgan fingerprint density at radius 1 is 0.577 bits per heavy atom. The van der Waals surface area contributed by atoms with Gasteiger partial charge in [-0.05, 0) is 66.5 Å². The monoisotopic (exact) mass is 736 g/mol. The van der Waals surface area contributed by atoms with Crippen LogP contribution in [0.4, 0.5) is 32.0 Å². The molecular weight excluding hydrogens is 703 g/mol. The van der Waals surface area contributed by atoms with E-state index in [9.17, 15) is 31.4 Å². The highest BCUT2D eigenvalue weighted by atomic mass is 32.1. The highest BCUT2D eigenvalue weighted by Crippen LogP contribution is 2.50. The minimum absolute atomic E-state index is 0.0459. The van der Waals surface area contributed by atoms with E-state index in [4.69, 9.17) is 21.7 Å². The molecule has 0 bridgehead atoms. The summed E-state index contributed by atoms with van der Waals surface area (Å²) in [6.07, 6.45) is -12.5. The van der Waals surface area contributed by atoms with E-state index < -0.39 is 58.3 Å². The van der Waals surface area contributed by atoms with Crippen LogP contribution in [-0.2, 0) is 33.0 Å². The van der Waals surface area contributed by atoms with Gasteiger partial charge >= 0.3 is 12.4 Å². The summed E-state index contributed by atoms with van der Waals surface area (Å²) >= 11 is 5.73. The number of nitrogens with one attached hydrogen (secondary N) is 2. The molecule has 5 nitrogen and oxygen atoms in total. The number of aliphatic hydroxyl groups is 1. The normalized spacial score (nSPS) is 17.8. The first kappa shape index (κ1) is 37.0. The Labute approximate surface area is 302 Å². The fraction of sp³-hybridized carbons (Fsp3) is 0.225. The molecule has 5 aromatic rings. The predicted octanol–water partition coefficient (Wildman–Crippen LogP) is 9.41. The Balaban J connectivity index is 1.56. The maximum Gasteiger partial charge on any atom is 0.416 e. The minimum Gasteiger partial charge on any atom is -0.378 e. The molecule has 0 aliphatic carbocycles. The van der Waals surface area contributed by atoms with Crippen molar-refractivity contribution < 1.29 is 40.9 Å². The molecule has 1 fully saturated rings. The minimum atomic E-state index is -5.07. The fourth-order valence-corrected chi connectivity index (χ4v) is 7.02. The van der Waals surface area contributed by atoms with Crippen molar-refractivity contribution in [2.75, 3.05) is 5.32 Å². The molecule has 0 unspecified atom stereocenters. The third-order valence-electron chi connectivity index (χ3n) is 8.98. The molecule has 0 spiro atoms. The Hall–Kier alpha value is -4.75. The second-order valence-corrected chi connectivity index (χ2v) is 13.3. The van der Waals surface area contributed by atoms with Gasteiger partial charge in [0.15, 0.2) is 10.9 Å². The van der Waals surface area contributed by atoms with Crippen LogP contribution in [0.1, 0.15) is 47.2 Å². The van der Waals surface area contributed by atoms with Gasteiger partial charge in [0, 0.05) is 5.69 Å². The maximum absolute atomic E-state index is 13.8. The third kappa shape index (κ3) is 7.29. The van der Waals surface area contributed by atoms with E-state index >= 15 is 0 Å². The summed E-state index contributed by atoms with van der Waals surface area (Å²) in [7, 11) is 0. The van der Waals surface area contributed by atoms with Crippen molar-refractivity contribution in [3.05, 3.63) is 173 Å². The number of alkyl halides is 6. The van der Waals surface area contributed by atoms with E-state index in [0.717, 1.165) is 0 Å². The van der Waals surface area contributed by atoms with Crippen LogP contribution in [0.25, 0.3) is 0 Å². The molecule has 0 saturated carbocycles. The molecule has 0 amide bonds. The van der Waals surface area contributed by atoms with Crippen molar-refractivity contribution in [2.24, 2.45) is 0 Å². The van der Waals surface area contributed by atoms with Gasteiger partial charge in [-0.25, -0.2) is 0 Å². The Morgan fingerprint density at radius 3 is 1.33 bits per heavy atom. The summed E-state index contributed by atoms with van der Waals surface area (Å²) in [5, 5.41) is 18.6. The first-order chi connectivity index (χ1) is 24.5. The highest BCUT2D eigenvalue weighted by Gasteiger charge is 2.62. The standard InChI is InChI=1S/C40H34F6N2O3S/c1-36(2)50-33(34(51-36)38(49,28-19-11-5-12-20-28)29-21-13-6-14-22-29)37(26-15-7-3-8-16-26,27-17-9-4-10-18-27)48-35(52)47-32-24-30(39(41,42)43)23-31(25-32)40(44,45)46/h3-25,33-34,49H,1-2H3,(H2,47,48,52)/t33-,34-/m1/s1. The van der Waals surface area contributed by atoms with Gasteiger partial charge in [-0.1, -0.05) is 121 Å². The van der Waals surface area contributed by atoms with Crippen molar-refractivity contribution >= 4 is 23.0 Å². The molecule has 2 atom stereocenters. The number of thiocarbonyl (C=S) groups is 1. The zero-order valence-electron chi connectivity index (χ0n) is 27.9. The lowest BCUT2D eigenvalue weighted by molar-refractivity contribution is -0.167. The highest BCUT2D eigenvalue weighted by molar-refractivity contribution is 7.80. The van der Waals surface area contributed by atoms with Gasteiger partial charge in [0.05, 0.1) is 11.1 Å². The molecule has 12 heteroatoms. The second-order valence-electron chi connectivity index (χ2n) is 12.9. The SMILES string of the molecule is CC1(C)O[C@@H](C(O)(c2ccccc2)c2ccccc2)[C@H](C(NC(=S)Nc2cc(C(F)(F)F)cc(C(F)(F)F)c2)(c2ccccc2)c2ccccc2)O1. The van der Waals surface area contributed by atoms with Crippen LogP contribution in [0.3, 0.4) is 0 Å². The van der Waals surface area contributed by atoms with E-state index in [1.807, 2.05) is 12.1 Å². The van der Waals surface area contributed by atoms with E-state index in [-0.39, 0.29) is 11.2 Å². The summed E-state index contributed by atoms with van der Waals surface area (Å²) in [6, 6.07) is 36.7. The summed E-state index contributed by atoms with van der Waals surface area (Å²) in [4.78, 5) is 0. The molecule has 0 aromatic heterocycles. The number of anilines is 1. The summed E-state index contributed by atoms with van der Waals surface area (Å²) in [5.41, 5.74) is -4.94. The van der Waals surface area contributed by atoms with Crippen LogP contribution in [0, 0.1) is 0 Å². The van der Waals surface area contributed by atoms with E-state index in [1.165, 1.54) is 0 Å². The van der Waals surface area contributed by atoms with Gasteiger partial charge in [-0.3, -0.25) is 0 Å². The van der Waals surface area contributed by atoms with Crippen molar-refractivity contribution in [3.63, 3.8) is 0 Å². The molecule has 3 N–H and O–H groups in total. The number of ether oxygens (including phenoxy) is 2. The zero-order valence-corrected chi connectivity index (χ0v) is 28.7. The van der Waals surface area contributed by atoms with Crippen LogP contribution < -0.4 is 10.6 Å². The lowest BCUT2D eigenvalue weighted by Gasteiger charge is -2.46. The van der Waals surface area contributed by atoms with Gasteiger partial charge in [0.2, 0.25) is 0 Å². The Bertz CT molecular complexity index is 1880. The van der Waals surface area contributed by atoms with E-state index in [2.05, 4.69) is 10.6 Å². The fourth-order valence-electron chi connectivity index (χ4n) is 6.74. The average molecular weight is 737 g/mol. The van der Waals surface area contributed by atoms with Gasteiger partial charge in [0.25, 0.3) is 0 Å². The lowest BCUT2D eigenvalue weighted by Crippen LogP contribution is -2.62. The van der Waals surface area contributed by atoms with Gasteiger partial charge < -0.3 is 25.2 Å². The first-order valence-corrected chi connectivity index (χ1v) is 16.6. The number of rotatable bonds is 8. The molecule has 52 heavy (non-hydrogen) atoms. The van der Waals surface area contributed by atoms with Crippen molar-refractivity contribution in [3.8, 4) is 0 Å². The number of halogens is 6. The van der Waals surface area contributed by atoms with Crippen LogP contribution in [-0.4, -0.2) is 28.2 Å². The summed E-state index contributed by atoms with van der Waals surface area (Å²) < 4.78 is 96.2. The molecule has 1 aliphatic rings.